The molecule has 0 radical (unpaired) electrons. The lowest BCUT2D eigenvalue weighted by molar-refractivity contribution is -0.110. The second kappa shape index (κ2) is 3.95. The standard InChI is InChI=1S/C10H19NO2/c1-3-13-10-6-11(7-10)8-4-9(5-8)12-2/h8-10H,3-7H2,1-2H3. The molecule has 2 rings (SSSR count). The Morgan fingerprint density at radius 2 is 1.92 bits per heavy atom. The maximum absolute atomic E-state index is 5.51. The van der Waals surface area contributed by atoms with E-state index in [1.165, 1.54) is 12.8 Å². The largest absolute Gasteiger partial charge is 0.381 e. The lowest BCUT2D eigenvalue weighted by Gasteiger charge is -2.49. The van der Waals surface area contributed by atoms with E-state index in [0.717, 1.165) is 25.7 Å². The topological polar surface area (TPSA) is 21.7 Å². The van der Waals surface area contributed by atoms with E-state index in [1.54, 1.807) is 7.11 Å². The SMILES string of the molecule is CCOC1CN(C2CC(OC)C2)C1. The van der Waals surface area contributed by atoms with Gasteiger partial charge in [-0.05, 0) is 19.8 Å². The molecule has 0 atom stereocenters. The van der Waals surface area contributed by atoms with Crippen molar-refractivity contribution in [2.45, 2.75) is 38.0 Å². The van der Waals surface area contributed by atoms with E-state index in [-0.39, 0.29) is 0 Å². The van der Waals surface area contributed by atoms with Gasteiger partial charge >= 0.3 is 0 Å². The number of hydrogen-bond acceptors (Lipinski definition) is 3. The van der Waals surface area contributed by atoms with Crippen molar-refractivity contribution < 1.29 is 9.47 Å². The minimum absolute atomic E-state index is 0.506. The van der Waals surface area contributed by atoms with Crippen molar-refractivity contribution in [3.05, 3.63) is 0 Å². The van der Waals surface area contributed by atoms with Gasteiger partial charge in [0.2, 0.25) is 0 Å². The van der Waals surface area contributed by atoms with E-state index >= 15 is 0 Å². The zero-order valence-corrected chi connectivity index (χ0v) is 8.53. The molecule has 1 heterocycles. The quantitative estimate of drug-likeness (QED) is 0.649. The molecule has 0 amide bonds. The van der Waals surface area contributed by atoms with Gasteiger partial charge in [0, 0.05) is 32.8 Å². The molecule has 0 aromatic carbocycles. The highest BCUT2D eigenvalue weighted by molar-refractivity contribution is 4.94. The molecule has 0 unspecified atom stereocenters. The molecule has 1 aliphatic carbocycles. The minimum atomic E-state index is 0.506. The van der Waals surface area contributed by atoms with Crippen molar-refractivity contribution in [2.24, 2.45) is 0 Å². The average molecular weight is 185 g/mol. The molecular formula is C10H19NO2. The monoisotopic (exact) mass is 185 g/mol. The van der Waals surface area contributed by atoms with Crippen LogP contribution in [0.3, 0.4) is 0 Å². The summed E-state index contributed by atoms with van der Waals surface area (Å²) >= 11 is 0. The molecule has 76 valence electrons. The second-order valence-electron chi connectivity index (χ2n) is 4.01. The van der Waals surface area contributed by atoms with Crippen LogP contribution in [0.5, 0.6) is 0 Å². The highest BCUT2D eigenvalue weighted by Crippen LogP contribution is 2.31. The van der Waals surface area contributed by atoms with Crippen LogP contribution >= 0.6 is 0 Å². The zero-order valence-electron chi connectivity index (χ0n) is 8.53. The van der Waals surface area contributed by atoms with Crippen molar-refractivity contribution >= 4 is 0 Å². The molecule has 3 heteroatoms. The minimum Gasteiger partial charge on any atom is -0.381 e. The molecule has 0 aromatic heterocycles. The fraction of sp³-hybridized carbons (Fsp3) is 1.00. The van der Waals surface area contributed by atoms with Crippen molar-refractivity contribution in [1.82, 2.24) is 4.90 Å². The van der Waals surface area contributed by atoms with Gasteiger partial charge in [0.05, 0.1) is 12.2 Å². The van der Waals surface area contributed by atoms with Crippen LogP contribution in [0.25, 0.3) is 0 Å². The van der Waals surface area contributed by atoms with Crippen LogP contribution in [0.4, 0.5) is 0 Å². The van der Waals surface area contributed by atoms with E-state index < -0.39 is 0 Å². The van der Waals surface area contributed by atoms with Gasteiger partial charge in [0.15, 0.2) is 0 Å². The fourth-order valence-electron chi connectivity index (χ4n) is 2.14. The molecule has 1 saturated heterocycles. The van der Waals surface area contributed by atoms with E-state index in [2.05, 4.69) is 11.8 Å². The number of ether oxygens (including phenoxy) is 2. The Morgan fingerprint density at radius 3 is 2.46 bits per heavy atom. The van der Waals surface area contributed by atoms with Crippen molar-refractivity contribution in [2.75, 3.05) is 26.8 Å². The van der Waals surface area contributed by atoms with Gasteiger partial charge in [-0.25, -0.2) is 0 Å². The Hall–Kier alpha value is -0.120. The lowest BCUT2D eigenvalue weighted by atomic mass is 9.85. The summed E-state index contributed by atoms with van der Waals surface area (Å²) in [6, 6.07) is 0.779. The maximum Gasteiger partial charge on any atom is 0.0828 e. The van der Waals surface area contributed by atoms with E-state index in [1.807, 2.05) is 0 Å². The number of hydrogen-bond donors (Lipinski definition) is 0. The number of likely N-dealkylation sites (tertiary alicyclic amines) is 1. The zero-order chi connectivity index (χ0) is 9.26. The predicted octanol–water partition coefficient (Wildman–Crippen LogP) is 0.884. The lowest BCUT2D eigenvalue weighted by Crippen LogP contribution is -2.60. The Labute approximate surface area is 80.0 Å². The van der Waals surface area contributed by atoms with E-state index in [9.17, 15) is 0 Å². The summed E-state index contributed by atoms with van der Waals surface area (Å²) in [6.07, 6.45) is 3.47. The molecule has 0 aromatic rings. The Morgan fingerprint density at radius 1 is 1.23 bits per heavy atom. The smallest absolute Gasteiger partial charge is 0.0828 e. The highest BCUT2D eigenvalue weighted by atomic mass is 16.5. The Kier molecular flexibility index (Phi) is 2.86. The third-order valence-corrected chi connectivity index (χ3v) is 3.20. The fourth-order valence-corrected chi connectivity index (χ4v) is 2.14. The first-order valence-electron chi connectivity index (χ1n) is 5.22. The summed E-state index contributed by atoms with van der Waals surface area (Å²) in [5.74, 6) is 0. The molecule has 0 bridgehead atoms. The molecule has 13 heavy (non-hydrogen) atoms. The van der Waals surface area contributed by atoms with Crippen LogP contribution in [0.1, 0.15) is 19.8 Å². The molecular weight excluding hydrogens is 166 g/mol. The Bertz CT molecular complexity index is 162. The first kappa shape index (κ1) is 9.44. The predicted molar refractivity (Wildman–Crippen MR) is 50.8 cm³/mol. The van der Waals surface area contributed by atoms with Crippen LogP contribution in [-0.4, -0.2) is 50.0 Å². The summed E-state index contributed by atoms with van der Waals surface area (Å²) in [5.41, 5.74) is 0. The van der Waals surface area contributed by atoms with E-state index in [4.69, 9.17) is 9.47 Å². The summed E-state index contributed by atoms with van der Waals surface area (Å²) in [4.78, 5) is 2.51. The number of rotatable bonds is 4. The summed E-state index contributed by atoms with van der Waals surface area (Å²) < 4.78 is 10.8. The molecule has 2 aliphatic rings. The van der Waals surface area contributed by atoms with Crippen LogP contribution in [0.2, 0.25) is 0 Å². The first-order valence-corrected chi connectivity index (χ1v) is 5.22. The number of nitrogens with zero attached hydrogens (tertiary/aromatic N) is 1. The number of methoxy groups -OCH3 is 1. The van der Waals surface area contributed by atoms with E-state index in [0.29, 0.717) is 12.2 Å². The van der Waals surface area contributed by atoms with Crippen LogP contribution in [0.15, 0.2) is 0 Å². The van der Waals surface area contributed by atoms with Gasteiger partial charge in [-0.1, -0.05) is 0 Å². The Balaban J connectivity index is 1.60. The molecule has 0 spiro atoms. The van der Waals surface area contributed by atoms with Gasteiger partial charge in [0.1, 0.15) is 0 Å². The molecule has 3 nitrogen and oxygen atoms in total. The molecule has 0 N–H and O–H groups in total. The van der Waals surface area contributed by atoms with Crippen LogP contribution < -0.4 is 0 Å². The van der Waals surface area contributed by atoms with Gasteiger partial charge in [-0.3, -0.25) is 4.90 Å². The van der Waals surface area contributed by atoms with Crippen molar-refractivity contribution in [3.63, 3.8) is 0 Å². The summed E-state index contributed by atoms with van der Waals surface area (Å²) in [5, 5.41) is 0. The second-order valence-corrected chi connectivity index (χ2v) is 4.01. The van der Waals surface area contributed by atoms with Crippen molar-refractivity contribution in [1.29, 1.82) is 0 Å². The third-order valence-electron chi connectivity index (χ3n) is 3.20. The van der Waals surface area contributed by atoms with Crippen LogP contribution in [0, 0.1) is 0 Å². The summed E-state index contributed by atoms with van der Waals surface area (Å²) in [7, 11) is 1.81. The molecule has 2 fully saturated rings. The van der Waals surface area contributed by atoms with Gasteiger partial charge < -0.3 is 9.47 Å². The van der Waals surface area contributed by atoms with Gasteiger partial charge in [-0.2, -0.15) is 0 Å². The third kappa shape index (κ3) is 1.87. The average Bonchev–Trinajstić information content (AvgIpc) is 1.97. The maximum atomic E-state index is 5.51. The first-order chi connectivity index (χ1) is 6.33. The van der Waals surface area contributed by atoms with Crippen LogP contribution in [-0.2, 0) is 9.47 Å². The molecule has 1 aliphatic heterocycles. The normalized spacial score (nSPS) is 35.5. The van der Waals surface area contributed by atoms with Gasteiger partial charge in [-0.15, -0.1) is 0 Å². The molecule has 1 saturated carbocycles. The summed E-state index contributed by atoms with van der Waals surface area (Å²) in [6.45, 7) is 5.18. The van der Waals surface area contributed by atoms with Crippen molar-refractivity contribution in [3.8, 4) is 0 Å². The highest BCUT2D eigenvalue weighted by Gasteiger charge is 2.39. The van der Waals surface area contributed by atoms with Gasteiger partial charge in [0.25, 0.3) is 0 Å².